The molecule has 0 saturated carbocycles. The zero-order valence-electron chi connectivity index (χ0n) is 13.4. The Bertz CT molecular complexity index is 790. The maximum absolute atomic E-state index is 12.9. The summed E-state index contributed by atoms with van der Waals surface area (Å²) < 4.78 is 32.2. The predicted molar refractivity (Wildman–Crippen MR) is 92.5 cm³/mol. The first-order chi connectivity index (χ1) is 10.9. The number of ether oxygens (including phenoxy) is 1. The molecule has 0 aliphatic heterocycles. The number of nitrogens with zero attached hydrogens (tertiary/aromatic N) is 1. The molecule has 0 unspecified atom stereocenters. The van der Waals surface area contributed by atoms with Crippen molar-refractivity contribution < 1.29 is 13.2 Å². The lowest BCUT2D eigenvalue weighted by atomic mass is 10.1. The van der Waals surface area contributed by atoms with Crippen LogP contribution in [0.5, 0.6) is 5.75 Å². The molecule has 6 heteroatoms. The summed E-state index contributed by atoms with van der Waals surface area (Å²) in [4.78, 5) is 0.165. The number of hydrogen-bond donors (Lipinski definition) is 0. The van der Waals surface area contributed by atoms with E-state index in [1.54, 1.807) is 6.07 Å². The molecule has 0 aromatic heterocycles. The minimum atomic E-state index is -3.62. The highest BCUT2D eigenvalue weighted by Gasteiger charge is 2.24. The summed E-state index contributed by atoms with van der Waals surface area (Å²) in [5.41, 5.74) is 2.05. The molecule has 0 aliphatic carbocycles. The summed E-state index contributed by atoms with van der Waals surface area (Å²) in [6, 6.07) is 12.3. The second-order valence-electron chi connectivity index (χ2n) is 5.15. The van der Waals surface area contributed by atoms with E-state index in [1.807, 2.05) is 38.1 Å². The first kappa shape index (κ1) is 17.8. The van der Waals surface area contributed by atoms with Gasteiger partial charge in [-0.1, -0.05) is 42.8 Å². The van der Waals surface area contributed by atoms with Gasteiger partial charge in [-0.25, -0.2) is 8.42 Å². The van der Waals surface area contributed by atoms with E-state index >= 15 is 0 Å². The molecule has 0 bridgehead atoms. The zero-order chi connectivity index (χ0) is 17.0. The smallest absolute Gasteiger partial charge is 0.243 e. The van der Waals surface area contributed by atoms with E-state index < -0.39 is 10.0 Å². The second-order valence-corrected chi connectivity index (χ2v) is 7.50. The average molecular weight is 354 g/mol. The first-order valence-electron chi connectivity index (χ1n) is 7.28. The highest BCUT2D eigenvalue weighted by atomic mass is 35.5. The Balaban J connectivity index is 2.36. The molecule has 0 atom stereocenters. The van der Waals surface area contributed by atoms with Crippen molar-refractivity contribution >= 4 is 21.6 Å². The zero-order valence-corrected chi connectivity index (χ0v) is 15.0. The van der Waals surface area contributed by atoms with Crippen molar-refractivity contribution in [3.05, 3.63) is 58.6 Å². The van der Waals surface area contributed by atoms with Gasteiger partial charge in [0.25, 0.3) is 0 Å². The van der Waals surface area contributed by atoms with Crippen molar-refractivity contribution in [2.24, 2.45) is 0 Å². The van der Waals surface area contributed by atoms with Gasteiger partial charge in [-0.15, -0.1) is 0 Å². The van der Waals surface area contributed by atoms with Crippen molar-refractivity contribution in [2.75, 3.05) is 13.7 Å². The molecule has 4 nitrogen and oxygen atoms in total. The van der Waals surface area contributed by atoms with Crippen molar-refractivity contribution in [3.8, 4) is 5.75 Å². The molecule has 0 spiro atoms. The summed E-state index contributed by atoms with van der Waals surface area (Å²) in [5, 5.41) is 0.278. The van der Waals surface area contributed by atoms with E-state index in [2.05, 4.69) is 0 Å². The third kappa shape index (κ3) is 3.86. The topological polar surface area (TPSA) is 46.6 Å². The molecule has 23 heavy (non-hydrogen) atoms. The van der Waals surface area contributed by atoms with Crippen LogP contribution in [0.25, 0.3) is 0 Å². The van der Waals surface area contributed by atoms with E-state index in [4.69, 9.17) is 16.3 Å². The quantitative estimate of drug-likeness (QED) is 0.792. The number of benzene rings is 2. The monoisotopic (exact) mass is 353 g/mol. The van der Waals surface area contributed by atoms with Crippen molar-refractivity contribution in [2.45, 2.75) is 25.3 Å². The molecular weight excluding hydrogens is 334 g/mol. The van der Waals surface area contributed by atoms with Crippen LogP contribution in [0.4, 0.5) is 0 Å². The molecule has 0 saturated heterocycles. The van der Waals surface area contributed by atoms with Gasteiger partial charge in [0.2, 0.25) is 10.0 Å². The van der Waals surface area contributed by atoms with Crippen LogP contribution >= 0.6 is 11.6 Å². The molecule has 2 rings (SSSR count). The van der Waals surface area contributed by atoms with Gasteiger partial charge in [0.05, 0.1) is 17.0 Å². The fourth-order valence-corrected chi connectivity index (χ4v) is 4.08. The highest BCUT2D eigenvalue weighted by Crippen LogP contribution is 2.29. The van der Waals surface area contributed by atoms with Gasteiger partial charge in [-0.2, -0.15) is 4.31 Å². The molecule has 124 valence electrons. The van der Waals surface area contributed by atoms with E-state index in [1.165, 1.54) is 23.5 Å². The third-order valence-corrected chi connectivity index (χ3v) is 5.93. The van der Waals surface area contributed by atoms with Crippen LogP contribution in [0, 0.1) is 6.92 Å². The fourth-order valence-electron chi connectivity index (χ4n) is 2.30. The summed E-state index contributed by atoms with van der Waals surface area (Å²) in [5.74, 6) is 0.451. The number of sulfonamides is 1. The molecule has 0 radical (unpaired) electrons. The summed E-state index contributed by atoms with van der Waals surface area (Å²) in [7, 11) is -2.13. The maximum atomic E-state index is 12.9. The minimum absolute atomic E-state index is 0.165. The Morgan fingerprint density at radius 1 is 1.17 bits per heavy atom. The Morgan fingerprint density at radius 3 is 2.43 bits per heavy atom. The molecule has 0 aliphatic rings. The normalized spacial score (nSPS) is 11.7. The summed E-state index contributed by atoms with van der Waals surface area (Å²) in [6.07, 6.45) is 0. The van der Waals surface area contributed by atoms with E-state index in [9.17, 15) is 8.42 Å². The lowest BCUT2D eigenvalue weighted by Gasteiger charge is -2.22. The van der Waals surface area contributed by atoms with Gasteiger partial charge in [0.1, 0.15) is 5.75 Å². The third-order valence-electron chi connectivity index (χ3n) is 3.72. The molecule has 0 heterocycles. The largest absolute Gasteiger partial charge is 0.495 e. The predicted octanol–water partition coefficient (Wildman–Crippen LogP) is 3.87. The SMILES string of the molecule is CCN(Cc1ccccc1C)S(=O)(=O)c1ccc(OC)c(Cl)c1. The van der Waals surface area contributed by atoms with Crippen molar-refractivity contribution in [3.63, 3.8) is 0 Å². The van der Waals surface area contributed by atoms with Gasteiger partial charge < -0.3 is 4.74 Å². The van der Waals surface area contributed by atoms with Gasteiger partial charge in [-0.05, 0) is 36.2 Å². The Kier molecular flexibility index (Phi) is 5.68. The lowest BCUT2D eigenvalue weighted by molar-refractivity contribution is 0.413. The van der Waals surface area contributed by atoms with Crippen LogP contribution in [0.1, 0.15) is 18.1 Å². The van der Waals surface area contributed by atoms with Gasteiger partial charge in [-0.3, -0.25) is 0 Å². The molecule has 2 aromatic carbocycles. The number of hydrogen-bond acceptors (Lipinski definition) is 3. The van der Waals surface area contributed by atoms with Crippen LogP contribution in [-0.2, 0) is 16.6 Å². The number of methoxy groups -OCH3 is 1. The van der Waals surface area contributed by atoms with Gasteiger partial charge in [0.15, 0.2) is 0 Å². The number of rotatable bonds is 6. The first-order valence-corrected chi connectivity index (χ1v) is 9.10. The van der Waals surface area contributed by atoms with Crippen molar-refractivity contribution in [1.29, 1.82) is 0 Å². The maximum Gasteiger partial charge on any atom is 0.243 e. The van der Waals surface area contributed by atoms with Crippen LogP contribution in [0.3, 0.4) is 0 Å². The van der Waals surface area contributed by atoms with E-state index in [-0.39, 0.29) is 9.92 Å². The highest BCUT2D eigenvalue weighted by molar-refractivity contribution is 7.89. The number of aryl methyl sites for hydroxylation is 1. The molecule has 0 N–H and O–H groups in total. The van der Waals surface area contributed by atoms with Crippen LogP contribution < -0.4 is 4.74 Å². The molecule has 0 fully saturated rings. The van der Waals surface area contributed by atoms with E-state index in [0.29, 0.717) is 18.8 Å². The standard InChI is InChI=1S/C17H20ClNO3S/c1-4-19(12-14-8-6-5-7-13(14)2)23(20,21)15-9-10-17(22-3)16(18)11-15/h5-11H,4,12H2,1-3H3. The molecule has 2 aromatic rings. The minimum Gasteiger partial charge on any atom is -0.495 e. The average Bonchev–Trinajstić information content (AvgIpc) is 2.53. The Morgan fingerprint density at radius 2 is 1.87 bits per heavy atom. The molecular formula is C17H20ClNO3S. The van der Waals surface area contributed by atoms with Gasteiger partial charge >= 0.3 is 0 Å². The Hall–Kier alpha value is -1.56. The summed E-state index contributed by atoms with van der Waals surface area (Å²) in [6.45, 7) is 4.50. The van der Waals surface area contributed by atoms with E-state index in [0.717, 1.165) is 11.1 Å². The van der Waals surface area contributed by atoms with Crippen LogP contribution in [0.15, 0.2) is 47.4 Å². The van der Waals surface area contributed by atoms with Crippen molar-refractivity contribution in [1.82, 2.24) is 4.31 Å². The number of halogens is 1. The Labute approximate surface area is 142 Å². The van der Waals surface area contributed by atoms with Crippen LogP contribution in [0.2, 0.25) is 5.02 Å². The van der Waals surface area contributed by atoms with Crippen LogP contribution in [-0.4, -0.2) is 26.4 Å². The second kappa shape index (κ2) is 7.34. The fraction of sp³-hybridized carbons (Fsp3) is 0.294. The summed E-state index contributed by atoms with van der Waals surface area (Å²) >= 11 is 6.06. The lowest BCUT2D eigenvalue weighted by Crippen LogP contribution is -2.30. The molecule has 0 amide bonds. The van der Waals surface area contributed by atoms with Gasteiger partial charge in [0, 0.05) is 13.1 Å².